The number of hydrogen-bond acceptors (Lipinski definition) is 5. The van der Waals surface area contributed by atoms with Gasteiger partial charge in [-0.2, -0.15) is 0 Å². The number of fused-ring (bicyclic) bond motifs is 7. The topological polar surface area (TPSA) is 69.6 Å². The van der Waals surface area contributed by atoms with E-state index in [1.165, 1.54) is 11.1 Å². The van der Waals surface area contributed by atoms with Crippen molar-refractivity contribution in [1.82, 2.24) is 24.5 Å². The highest BCUT2D eigenvalue weighted by Crippen LogP contribution is 2.42. The average molecular weight is 808 g/mol. The van der Waals surface area contributed by atoms with Gasteiger partial charge in [0.05, 0.1) is 16.4 Å². The van der Waals surface area contributed by atoms with Crippen LogP contribution < -0.4 is 0 Å². The Morgan fingerprint density at radius 2 is 1.00 bits per heavy atom. The Hall–Kier alpha value is -8.48. The van der Waals surface area contributed by atoms with E-state index in [0.717, 1.165) is 88.5 Å². The van der Waals surface area contributed by atoms with Gasteiger partial charge in [0.25, 0.3) is 0 Å². The lowest BCUT2D eigenvalue weighted by Crippen LogP contribution is -2.08. The molecular weight excluding hydrogens is 771 g/mol. The van der Waals surface area contributed by atoms with Crippen LogP contribution in [0, 0.1) is 0 Å². The molecule has 0 unspecified atom stereocenters. The molecule has 4 aromatic heterocycles. The summed E-state index contributed by atoms with van der Waals surface area (Å²) in [6.45, 7) is 0. The maximum atomic E-state index is 6.49. The SMILES string of the molecule is c1ccc(-c2nc(Cc3cc(-c4ccc(-c5ccccc5)c(-c5ccccc5)c4)cnc3-n3c4ccccc4c4ccc5oc6ccccc6c5c43)nc(-c3ccccc3)n2)cc1. The normalized spacial score (nSPS) is 11.6. The summed E-state index contributed by atoms with van der Waals surface area (Å²) in [4.78, 5) is 20.8. The van der Waals surface area contributed by atoms with E-state index in [2.05, 4.69) is 138 Å². The van der Waals surface area contributed by atoms with Gasteiger partial charge in [-0.25, -0.2) is 19.9 Å². The summed E-state index contributed by atoms with van der Waals surface area (Å²) in [5.41, 5.74) is 13.3. The highest BCUT2D eigenvalue weighted by Gasteiger charge is 2.23. The highest BCUT2D eigenvalue weighted by molar-refractivity contribution is 6.24. The van der Waals surface area contributed by atoms with Gasteiger partial charge in [-0.15, -0.1) is 0 Å². The molecule has 8 aromatic carbocycles. The number of nitrogens with zero attached hydrogens (tertiary/aromatic N) is 5. The molecule has 0 atom stereocenters. The first kappa shape index (κ1) is 36.4. The summed E-state index contributed by atoms with van der Waals surface area (Å²) in [5.74, 6) is 2.69. The smallest absolute Gasteiger partial charge is 0.163 e. The maximum absolute atomic E-state index is 6.49. The van der Waals surface area contributed by atoms with Gasteiger partial charge >= 0.3 is 0 Å². The number of furan rings is 1. The van der Waals surface area contributed by atoms with E-state index >= 15 is 0 Å². The van der Waals surface area contributed by atoms with Crippen molar-refractivity contribution in [3.05, 3.63) is 224 Å². The Kier molecular flexibility index (Phi) is 8.78. The van der Waals surface area contributed by atoms with E-state index in [1.54, 1.807) is 0 Å². The molecule has 0 aliphatic heterocycles. The second-order valence-electron chi connectivity index (χ2n) is 15.8. The Balaban J connectivity index is 1.12. The van der Waals surface area contributed by atoms with Crippen molar-refractivity contribution < 1.29 is 4.42 Å². The predicted octanol–water partition coefficient (Wildman–Crippen LogP) is 14.2. The van der Waals surface area contributed by atoms with Gasteiger partial charge in [0.15, 0.2) is 11.6 Å². The van der Waals surface area contributed by atoms with Crippen molar-refractivity contribution in [3.63, 3.8) is 0 Å². The largest absolute Gasteiger partial charge is 0.456 e. The van der Waals surface area contributed by atoms with Crippen LogP contribution in [-0.2, 0) is 6.42 Å². The Morgan fingerprint density at radius 1 is 0.413 bits per heavy atom. The van der Waals surface area contributed by atoms with Crippen LogP contribution in [-0.4, -0.2) is 24.5 Å². The predicted molar refractivity (Wildman–Crippen MR) is 256 cm³/mol. The minimum Gasteiger partial charge on any atom is -0.456 e. The zero-order chi connectivity index (χ0) is 41.7. The van der Waals surface area contributed by atoms with Gasteiger partial charge in [-0.05, 0) is 64.2 Å². The lowest BCUT2D eigenvalue weighted by atomic mass is 9.91. The van der Waals surface area contributed by atoms with Gasteiger partial charge in [-0.3, -0.25) is 4.57 Å². The second-order valence-corrected chi connectivity index (χ2v) is 15.8. The highest BCUT2D eigenvalue weighted by atomic mass is 16.3. The lowest BCUT2D eigenvalue weighted by molar-refractivity contribution is 0.669. The number of hydrogen-bond donors (Lipinski definition) is 0. The summed E-state index contributed by atoms with van der Waals surface area (Å²) in [5, 5.41) is 4.38. The minimum absolute atomic E-state index is 0.391. The molecule has 63 heavy (non-hydrogen) atoms. The standard InChI is InChI=1S/C57H37N5O/c1-5-17-37(18-6-1)44-30-29-41(34-48(44)38-19-7-2-8-20-38)43-33-42(35-52-59-55(39-21-9-3-10-22-39)61-56(60-52)40-23-11-4-12-24-40)57(58-36-43)62-49-27-15-13-25-45(49)46-31-32-51-53(54(46)62)47-26-14-16-28-50(47)63-51/h1-34,36H,35H2. The second kappa shape index (κ2) is 15.2. The van der Waals surface area contributed by atoms with Crippen LogP contribution in [0.1, 0.15) is 11.4 Å². The van der Waals surface area contributed by atoms with Crippen molar-refractivity contribution in [2.45, 2.75) is 6.42 Å². The monoisotopic (exact) mass is 807 g/mol. The fourth-order valence-electron chi connectivity index (χ4n) is 9.03. The third-order valence-corrected chi connectivity index (χ3v) is 11.9. The summed E-state index contributed by atoms with van der Waals surface area (Å²) in [6.07, 6.45) is 2.40. The zero-order valence-corrected chi connectivity index (χ0v) is 34.1. The van der Waals surface area contributed by atoms with Crippen molar-refractivity contribution in [3.8, 4) is 62.0 Å². The van der Waals surface area contributed by atoms with Crippen LogP contribution in [0.3, 0.4) is 0 Å². The van der Waals surface area contributed by atoms with E-state index in [1.807, 2.05) is 79.0 Å². The van der Waals surface area contributed by atoms with Crippen LogP contribution in [0.5, 0.6) is 0 Å². The molecule has 296 valence electrons. The summed E-state index contributed by atoms with van der Waals surface area (Å²) >= 11 is 0. The first-order chi connectivity index (χ1) is 31.2. The molecule has 0 radical (unpaired) electrons. The van der Waals surface area contributed by atoms with Gasteiger partial charge < -0.3 is 4.42 Å². The zero-order valence-electron chi connectivity index (χ0n) is 34.1. The molecule has 0 saturated carbocycles. The molecule has 0 aliphatic carbocycles. The van der Waals surface area contributed by atoms with Crippen LogP contribution in [0.25, 0.3) is 106 Å². The first-order valence-corrected chi connectivity index (χ1v) is 21.2. The van der Waals surface area contributed by atoms with E-state index in [0.29, 0.717) is 23.9 Å². The van der Waals surface area contributed by atoms with Gasteiger partial charge in [0.1, 0.15) is 22.8 Å². The van der Waals surface area contributed by atoms with E-state index in [-0.39, 0.29) is 0 Å². The number of rotatable bonds is 8. The molecule has 4 heterocycles. The minimum atomic E-state index is 0.391. The Morgan fingerprint density at radius 3 is 1.68 bits per heavy atom. The van der Waals surface area contributed by atoms with E-state index in [9.17, 15) is 0 Å². The maximum Gasteiger partial charge on any atom is 0.163 e. The molecule has 0 fully saturated rings. The fourth-order valence-corrected chi connectivity index (χ4v) is 9.03. The van der Waals surface area contributed by atoms with Crippen LogP contribution in [0.15, 0.2) is 217 Å². The quantitative estimate of drug-likeness (QED) is 0.153. The Labute approximate surface area is 363 Å². The van der Waals surface area contributed by atoms with Gasteiger partial charge in [0.2, 0.25) is 0 Å². The summed E-state index contributed by atoms with van der Waals surface area (Å²) in [7, 11) is 0. The third-order valence-electron chi connectivity index (χ3n) is 11.9. The van der Waals surface area contributed by atoms with Crippen LogP contribution in [0.2, 0.25) is 0 Å². The molecule has 6 nitrogen and oxygen atoms in total. The van der Waals surface area contributed by atoms with Crippen molar-refractivity contribution >= 4 is 43.7 Å². The molecule has 12 aromatic rings. The van der Waals surface area contributed by atoms with Crippen LogP contribution in [0.4, 0.5) is 0 Å². The Bertz CT molecular complexity index is 3580. The number of para-hydroxylation sites is 2. The molecule has 0 aliphatic rings. The number of benzene rings is 8. The number of aromatic nitrogens is 5. The number of pyridine rings is 1. The van der Waals surface area contributed by atoms with Crippen molar-refractivity contribution in [2.24, 2.45) is 0 Å². The molecule has 0 bridgehead atoms. The van der Waals surface area contributed by atoms with Crippen molar-refractivity contribution in [1.29, 1.82) is 0 Å². The lowest BCUT2D eigenvalue weighted by Gasteiger charge is -2.17. The van der Waals surface area contributed by atoms with Crippen molar-refractivity contribution in [2.75, 3.05) is 0 Å². The molecule has 0 amide bonds. The third kappa shape index (κ3) is 6.44. The fraction of sp³-hybridized carbons (Fsp3) is 0.0175. The van der Waals surface area contributed by atoms with Gasteiger partial charge in [-0.1, -0.05) is 170 Å². The van der Waals surface area contributed by atoms with E-state index in [4.69, 9.17) is 24.4 Å². The summed E-state index contributed by atoms with van der Waals surface area (Å²) in [6, 6.07) is 71.6. The van der Waals surface area contributed by atoms with Gasteiger partial charge in [0, 0.05) is 51.0 Å². The molecule has 12 rings (SSSR count). The molecule has 0 saturated heterocycles. The average Bonchev–Trinajstić information content (AvgIpc) is 3.91. The first-order valence-electron chi connectivity index (χ1n) is 21.2. The molecule has 6 heteroatoms. The summed E-state index contributed by atoms with van der Waals surface area (Å²) < 4.78 is 8.81. The van der Waals surface area contributed by atoms with E-state index < -0.39 is 0 Å². The van der Waals surface area contributed by atoms with Crippen LogP contribution >= 0.6 is 0 Å². The molecule has 0 spiro atoms. The molecular formula is C57H37N5O. The molecule has 0 N–H and O–H groups in total.